The molecule has 0 atom stereocenters. The van der Waals surface area contributed by atoms with Crippen molar-refractivity contribution in [2.45, 2.75) is 25.4 Å². The second kappa shape index (κ2) is 4.34. The summed E-state index contributed by atoms with van der Waals surface area (Å²) in [4.78, 5) is 7.05. The van der Waals surface area contributed by atoms with Crippen molar-refractivity contribution in [1.29, 1.82) is 0 Å². The van der Waals surface area contributed by atoms with E-state index in [0.29, 0.717) is 0 Å². The van der Waals surface area contributed by atoms with Crippen LogP contribution in [0.1, 0.15) is 19.0 Å². The highest BCUT2D eigenvalue weighted by Gasteiger charge is 2.37. The Bertz CT molecular complexity index is 558. The number of hydrogen-bond donors (Lipinski definition) is 1. The van der Waals surface area contributed by atoms with Crippen molar-refractivity contribution >= 4 is 10.9 Å². The van der Waals surface area contributed by atoms with E-state index in [0.717, 1.165) is 37.3 Å². The van der Waals surface area contributed by atoms with Crippen molar-refractivity contribution in [2.75, 3.05) is 13.1 Å². The van der Waals surface area contributed by atoms with E-state index >= 15 is 0 Å². The van der Waals surface area contributed by atoms with Gasteiger partial charge in [0.2, 0.25) is 0 Å². The molecule has 0 aliphatic carbocycles. The van der Waals surface area contributed by atoms with Crippen molar-refractivity contribution in [3.8, 4) is 0 Å². The summed E-state index contributed by atoms with van der Waals surface area (Å²) in [6.07, 6.45) is 1.05. The standard InChI is InChI=1S/C15H19N3/c1-2-15(16)10-18(11-15)9-13-8-7-12-5-3-4-6-14(12)17-13/h3-8H,2,9-11,16H2,1H3. The molecule has 94 valence electrons. The molecule has 0 spiro atoms. The Morgan fingerprint density at radius 1 is 1.22 bits per heavy atom. The van der Waals surface area contributed by atoms with Crippen LogP contribution in [-0.2, 0) is 6.54 Å². The summed E-state index contributed by atoms with van der Waals surface area (Å²) in [5.41, 5.74) is 8.42. The second-order valence-corrected chi connectivity index (χ2v) is 5.36. The Labute approximate surface area is 108 Å². The summed E-state index contributed by atoms with van der Waals surface area (Å²) in [5.74, 6) is 0. The molecule has 2 heterocycles. The van der Waals surface area contributed by atoms with Crippen LogP contribution in [0.5, 0.6) is 0 Å². The molecule has 18 heavy (non-hydrogen) atoms. The topological polar surface area (TPSA) is 42.1 Å². The van der Waals surface area contributed by atoms with Crippen LogP contribution in [0, 0.1) is 0 Å². The van der Waals surface area contributed by atoms with E-state index in [4.69, 9.17) is 5.73 Å². The average molecular weight is 241 g/mol. The van der Waals surface area contributed by atoms with Crippen molar-refractivity contribution in [3.63, 3.8) is 0 Å². The highest BCUT2D eigenvalue weighted by Crippen LogP contribution is 2.23. The van der Waals surface area contributed by atoms with Gasteiger partial charge in [0, 0.05) is 30.6 Å². The molecule has 1 aromatic heterocycles. The van der Waals surface area contributed by atoms with E-state index in [9.17, 15) is 0 Å². The number of hydrogen-bond acceptors (Lipinski definition) is 3. The molecule has 0 amide bonds. The SMILES string of the molecule is CCC1(N)CN(Cc2ccc3ccccc3n2)C1. The van der Waals surface area contributed by atoms with Crippen LogP contribution in [-0.4, -0.2) is 28.5 Å². The summed E-state index contributed by atoms with van der Waals surface area (Å²) in [6, 6.07) is 12.5. The minimum atomic E-state index is 0.0385. The number of para-hydroxylation sites is 1. The molecule has 2 aromatic rings. The highest BCUT2D eigenvalue weighted by atomic mass is 15.2. The quantitative estimate of drug-likeness (QED) is 0.895. The first kappa shape index (κ1) is 11.6. The maximum atomic E-state index is 6.17. The minimum absolute atomic E-state index is 0.0385. The summed E-state index contributed by atoms with van der Waals surface area (Å²) in [6.45, 7) is 5.03. The third-order valence-electron chi connectivity index (χ3n) is 3.82. The third-order valence-corrected chi connectivity index (χ3v) is 3.82. The summed E-state index contributed by atoms with van der Waals surface area (Å²) < 4.78 is 0. The van der Waals surface area contributed by atoms with E-state index < -0.39 is 0 Å². The fourth-order valence-corrected chi connectivity index (χ4v) is 2.61. The predicted octanol–water partition coefficient (Wildman–Crippen LogP) is 2.16. The summed E-state index contributed by atoms with van der Waals surface area (Å²) in [7, 11) is 0. The molecule has 1 fully saturated rings. The van der Waals surface area contributed by atoms with E-state index in [1.54, 1.807) is 0 Å². The van der Waals surface area contributed by atoms with Crippen LogP contribution < -0.4 is 5.73 Å². The summed E-state index contributed by atoms with van der Waals surface area (Å²) in [5, 5.41) is 1.20. The zero-order valence-corrected chi connectivity index (χ0v) is 10.8. The second-order valence-electron chi connectivity index (χ2n) is 5.36. The number of aromatic nitrogens is 1. The Kier molecular flexibility index (Phi) is 2.80. The number of pyridine rings is 1. The lowest BCUT2D eigenvalue weighted by molar-refractivity contribution is 0.0596. The Morgan fingerprint density at radius 2 is 2.00 bits per heavy atom. The number of fused-ring (bicyclic) bond motifs is 1. The van der Waals surface area contributed by atoms with E-state index in [1.165, 1.54) is 5.39 Å². The molecule has 1 aromatic carbocycles. The van der Waals surface area contributed by atoms with Gasteiger partial charge in [-0.1, -0.05) is 31.2 Å². The van der Waals surface area contributed by atoms with Crippen LogP contribution in [0.25, 0.3) is 10.9 Å². The maximum Gasteiger partial charge on any atom is 0.0705 e. The Balaban J connectivity index is 1.72. The molecule has 2 N–H and O–H groups in total. The maximum absolute atomic E-state index is 6.17. The first-order valence-electron chi connectivity index (χ1n) is 6.54. The van der Waals surface area contributed by atoms with Gasteiger partial charge in [0.05, 0.1) is 11.2 Å². The molecule has 3 rings (SSSR count). The van der Waals surface area contributed by atoms with Crippen molar-refractivity contribution < 1.29 is 0 Å². The highest BCUT2D eigenvalue weighted by molar-refractivity contribution is 5.78. The monoisotopic (exact) mass is 241 g/mol. The third kappa shape index (κ3) is 2.11. The van der Waals surface area contributed by atoms with Crippen LogP contribution in [0.4, 0.5) is 0 Å². The van der Waals surface area contributed by atoms with Crippen molar-refractivity contribution in [2.24, 2.45) is 5.73 Å². The lowest BCUT2D eigenvalue weighted by atomic mass is 9.88. The zero-order chi connectivity index (χ0) is 12.6. The van der Waals surface area contributed by atoms with Crippen LogP contribution in [0.3, 0.4) is 0 Å². The minimum Gasteiger partial charge on any atom is -0.323 e. The molecule has 0 bridgehead atoms. The zero-order valence-electron chi connectivity index (χ0n) is 10.8. The molecule has 1 saturated heterocycles. The van der Waals surface area contributed by atoms with Gasteiger partial charge in [-0.05, 0) is 18.6 Å². The molecule has 0 radical (unpaired) electrons. The molecule has 0 unspecified atom stereocenters. The molecule has 0 saturated carbocycles. The predicted molar refractivity (Wildman–Crippen MR) is 74.2 cm³/mol. The smallest absolute Gasteiger partial charge is 0.0705 e. The van der Waals surface area contributed by atoms with Crippen molar-refractivity contribution in [3.05, 3.63) is 42.1 Å². The summed E-state index contributed by atoms with van der Waals surface area (Å²) >= 11 is 0. The molecular weight excluding hydrogens is 222 g/mol. The van der Waals surface area contributed by atoms with Gasteiger partial charge in [-0.25, -0.2) is 0 Å². The number of benzene rings is 1. The van der Waals surface area contributed by atoms with Crippen LogP contribution in [0.2, 0.25) is 0 Å². The van der Waals surface area contributed by atoms with Crippen LogP contribution in [0.15, 0.2) is 36.4 Å². The molecule has 3 nitrogen and oxygen atoms in total. The van der Waals surface area contributed by atoms with Gasteiger partial charge in [0.15, 0.2) is 0 Å². The van der Waals surface area contributed by atoms with Crippen molar-refractivity contribution in [1.82, 2.24) is 9.88 Å². The number of nitrogens with two attached hydrogens (primary N) is 1. The molecule has 3 heteroatoms. The van der Waals surface area contributed by atoms with Crippen LogP contribution >= 0.6 is 0 Å². The number of likely N-dealkylation sites (tertiary alicyclic amines) is 1. The largest absolute Gasteiger partial charge is 0.323 e. The normalized spacial score (nSPS) is 18.8. The fraction of sp³-hybridized carbons (Fsp3) is 0.400. The lowest BCUT2D eigenvalue weighted by Gasteiger charge is -2.47. The van der Waals surface area contributed by atoms with E-state index in [1.807, 2.05) is 12.1 Å². The van der Waals surface area contributed by atoms with Gasteiger partial charge in [0.25, 0.3) is 0 Å². The van der Waals surface area contributed by atoms with Gasteiger partial charge in [-0.15, -0.1) is 0 Å². The number of rotatable bonds is 3. The number of nitrogens with zero attached hydrogens (tertiary/aromatic N) is 2. The molecule has 1 aliphatic rings. The lowest BCUT2D eigenvalue weighted by Crippen LogP contribution is -2.66. The van der Waals surface area contributed by atoms with Gasteiger partial charge in [-0.2, -0.15) is 0 Å². The fourth-order valence-electron chi connectivity index (χ4n) is 2.61. The molecule has 1 aliphatic heterocycles. The van der Waals surface area contributed by atoms with Gasteiger partial charge in [0.1, 0.15) is 0 Å². The van der Waals surface area contributed by atoms with Gasteiger partial charge >= 0.3 is 0 Å². The molecular formula is C15H19N3. The first-order valence-corrected chi connectivity index (χ1v) is 6.54. The van der Waals surface area contributed by atoms with Gasteiger partial charge < -0.3 is 5.73 Å². The average Bonchev–Trinajstić information content (AvgIpc) is 2.36. The first-order chi connectivity index (χ1) is 8.68. The van der Waals surface area contributed by atoms with E-state index in [-0.39, 0.29) is 5.54 Å². The Morgan fingerprint density at radius 3 is 2.78 bits per heavy atom. The van der Waals surface area contributed by atoms with E-state index in [2.05, 4.69) is 41.1 Å². The Hall–Kier alpha value is -1.45. The van der Waals surface area contributed by atoms with Gasteiger partial charge in [-0.3, -0.25) is 9.88 Å².